The van der Waals surface area contributed by atoms with Gasteiger partial charge in [-0.2, -0.15) is 0 Å². The summed E-state index contributed by atoms with van der Waals surface area (Å²) >= 11 is 0. The van der Waals surface area contributed by atoms with Gasteiger partial charge in [-0.1, -0.05) is 12.1 Å². The number of benzene rings is 2. The van der Waals surface area contributed by atoms with Crippen molar-refractivity contribution in [2.75, 3.05) is 18.4 Å². The highest BCUT2D eigenvalue weighted by Crippen LogP contribution is 2.27. The van der Waals surface area contributed by atoms with E-state index in [1.165, 1.54) is 6.07 Å². The van der Waals surface area contributed by atoms with E-state index < -0.39 is 17.7 Å². The van der Waals surface area contributed by atoms with Gasteiger partial charge in [0.25, 0.3) is 0 Å². The highest BCUT2D eigenvalue weighted by Gasteiger charge is 2.27. The Morgan fingerprint density at radius 1 is 1.23 bits per heavy atom. The molecule has 2 N–H and O–H groups in total. The van der Waals surface area contributed by atoms with Crippen molar-refractivity contribution in [2.24, 2.45) is 0 Å². The molecule has 0 spiro atoms. The maximum absolute atomic E-state index is 13.7. The van der Waals surface area contributed by atoms with Gasteiger partial charge in [0, 0.05) is 25.1 Å². The van der Waals surface area contributed by atoms with Crippen molar-refractivity contribution in [1.29, 1.82) is 0 Å². The third kappa shape index (κ3) is 3.24. The molecule has 0 saturated carbocycles. The Morgan fingerprint density at radius 2 is 2.08 bits per heavy atom. The fourth-order valence-electron chi connectivity index (χ4n) is 3.34. The Labute approximate surface area is 149 Å². The second kappa shape index (κ2) is 6.74. The first-order valence-electron chi connectivity index (χ1n) is 8.56. The largest absolute Gasteiger partial charge is 0.342 e. The molecule has 0 bridgehead atoms. The van der Waals surface area contributed by atoms with Crippen LogP contribution in [0.2, 0.25) is 0 Å². The quantitative estimate of drug-likeness (QED) is 0.721. The molecule has 0 aliphatic carbocycles. The van der Waals surface area contributed by atoms with Crippen LogP contribution in [-0.4, -0.2) is 34.0 Å². The Morgan fingerprint density at radius 3 is 2.88 bits per heavy atom. The molecule has 2 heterocycles. The number of carbonyl (C=O) groups excluding carboxylic acids is 1. The van der Waals surface area contributed by atoms with Gasteiger partial charge in [-0.05, 0) is 37.1 Å². The van der Waals surface area contributed by atoms with Crippen molar-refractivity contribution in [2.45, 2.75) is 18.8 Å². The van der Waals surface area contributed by atoms with Crippen LogP contribution >= 0.6 is 0 Å². The van der Waals surface area contributed by atoms with Gasteiger partial charge in [-0.15, -0.1) is 0 Å². The van der Waals surface area contributed by atoms with Crippen LogP contribution in [0.1, 0.15) is 24.6 Å². The monoisotopic (exact) mass is 356 g/mol. The van der Waals surface area contributed by atoms with Gasteiger partial charge >= 0.3 is 6.03 Å². The molecule has 134 valence electrons. The average Bonchev–Trinajstić information content (AvgIpc) is 3.08. The fourth-order valence-corrected chi connectivity index (χ4v) is 3.34. The number of hydrogen-bond donors (Lipinski definition) is 2. The SMILES string of the molecule is O=C(Nc1ccc(F)cc1F)N1CCCC(c2nc3ccccc3[nH]2)C1. The number of halogens is 2. The van der Waals surface area contributed by atoms with Crippen LogP contribution in [0.4, 0.5) is 19.3 Å². The number of H-pyrrole nitrogens is 1. The Kier molecular flexibility index (Phi) is 4.28. The first kappa shape index (κ1) is 16.5. The molecule has 1 aromatic heterocycles. The highest BCUT2D eigenvalue weighted by atomic mass is 19.1. The lowest BCUT2D eigenvalue weighted by Crippen LogP contribution is -2.42. The van der Waals surface area contributed by atoms with Crippen molar-refractivity contribution in [3.05, 3.63) is 59.9 Å². The Hall–Kier alpha value is -2.96. The van der Waals surface area contributed by atoms with Gasteiger partial charge in [0.05, 0.1) is 16.7 Å². The van der Waals surface area contributed by atoms with Crippen molar-refractivity contribution in [1.82, 2.24) is 14.9 Å². The van der Waals surface area contributed by atoms with E-state index in [0.717, 1.165) is 41.8 Å². The summed E-state index contributed by atoms with van der Waals surface area (Å²) in [5.74, 6) is -0.510. The van der Waals surface area contributed by atoms with Gasteiger partial charge in [0.15, 0.2) is 0 Å². The number of carbonyl (C=O) groups is 1. The molecule has 3 aromatic rings. The van der Waals surface area contributed by atoms with Crippen molar-refractivity contribution >= 4 is 22.8 Å². The first-order chi connectivity index (χ1) is 12.6. The number of nitrogens with one attached hydrogen (secondary N) is 2. The third-order valence-electron chi connectivity index (χ3n) is 4.68. The second-order valence-electron chi connectivity index (χ2n) is 6.48. The molecule has 4 rings (SSSR count). The van der Waals surface area contributed by atoms with Crippen molar-refractivity contribution in [3.8, 4) is 0 Å². The van der Waals surface area contributed by atoms with Crippen LogP contribution in [0.25, 0.3) is 11.0 Å². The number of rotatable bonds is 2. The molecule has 7 heteroatoms. The molecule has 1 saturated heterocycles. The summed E-state index contributed by atoms with van der Waals surface area (Å²) in [6.07, 6.45) is 1.76. The molecule has 1 aliphatic heterocycles. The Bertz CT molecular complexity index is 923. The lowest BCUT2D eigenvalue weighted by Gasteiger charge is -2.31. The summed E-state index contributed by atoms with van der Waals surface area (Å²) in [5, 5.41) is 2.52. The molecule has 5 nitrogen and oxygen atoms in total. The van der Waals surface area contributed by atoms with Crippen LogP contribution in [-0.2, 0) is 0 Å². The molecular formula is C19H18F2N4O. The number of piperidine rings is 1. The standard InChI is InChI=1S/C19H18F2N4O/c20-13-7-8-15(14(21)10-13)24-19(26)25-9-3-4-12(11-25)18-22-16-5-1-2-6-17(16)23-18/h1-2,5-8,10,12H,3-4,9,11H2,(H,22,23)(H,24,26). The van der Waals surface area contributed by atoms with E-state index >= 15 is 0 Å². The number of urea groups is 1. The zero-order chi connectivity index (χ0) is 18.1. The summed E-state index contributed by atoms with van der Waals surface area (Å²) in [6, 6.07) is 10.5. The number of nitrogens with zero attached hydrogens (tertiary/aromatic N) is 2. The molecule has 1 atom stereocenters. The molecule has 1 fully saturated rings. The number of fused-ring (bicyclic) bond motifs is 1. The minimum atomic E-state index is -0.788. The van der Waals surface area contributed by atoms with Gasteiger partial charge in [0.1, 0.15) is 17.5 Å². The summed E-state index contributed by atoms with van der Waals surface area (Å²) in [7, 11) is 0. The predicted octanol–water partition coefficient (Wildman–Crippen LogP) is 4.25. The summed E-state index contributed by atoms with van der Waals surface area (Å²) < 4.78 is 26.7. The number of imidazole rings is 1. The lowest BCUT2D eigenvalue weighted by molar-refractivity contribution is 0.191. The number of amides is 2. The minimum Gasteiger partial charge on any atom is -0.342 e. The van der Waals surface area contributed by atoms with E-state index in [0.29, 0.717) is 13.1 Å². The van der Waals surface area contributed by atoms with E-state index in [4.69, 9.17) is 0 Å². The number of para-hydroxylation sites is 2. The van der Waals surface area contributed by atoms with Crippen LogP contribution in [0.3, 0.4) is 0 Å². The number of hydrogen-bond acceptors (Lipinski definition) is 2. The van der Waals surface area contributed by atoms with E-state index in [9.17, 15) is 13.6 Å². The smallest absolute Gasteiger partial charge is 0.321 e. The molecule has 0 radical (unpaired) electrons. The van der Waals surface area contributed by atoms with E-state index in [-0.39, 0.29) is 11.6 Å². The molecule has 2 aromatic carbocycles. The first-order valence-corrected chi connectivity index (χ1v) is 8.56. The van der Waals surface area contributed by atoms with E-state index in [1.807, 2.05) is 24.3 Å². The van der Waals surface area contributed by atoms with E-state index in [1.54, 1.807) is 4.90 Å². The van der Waals surface area contributed by atoms with Crippen LogP contribution in [0.5, 0.6) is 0 Å². The Balaban J connectivity index is 1.48. The highest BCUT2D eigenvalue weighted by molar-refractivity contribution is 5.89. The van der Waals surface area contributed by atoms with E-state index in [2.05, 4.69) is 15.3 Å². The number of likely N-dealkylation sites (tertiary alicyclic amines) is 1. The zero-order valence-corrected chi connectivity index (χ0v) is 14.0. The predicted molar refractivity (Wildman–Crippen MR) is 95.0 cm³/mol. The summed E-state index contributed by atoms with van der Waals surface area (Å²) in [4.78, 5) is 22.1. The topological polar surface area (TPSA) is 61.0 Å². The van der Waals surface area contributed by atoms with Crippen molar-refractivity contribution in [3.63, 3.8) is 0 Å². The minimum absolute atomic E-state index is 0.0257. The maximum atomic E-state index is 13.7. The zero-order valence-electron chi connectivity index (χ0n) is 14.0. The summed E-state index contributed by atoms with van der Waals surface area (Å²) in [5.41, 5.74) is 1.84. The fraction of sp³-hybridized carbons (Fsp3) is 0.263. The van der Waals surface area contributed by atoms with Crippen LogP contribution in [0, 0.1) is 11.6 Å². The molecule has 1 unspecified atom stereocenters. The van der Waals surface area contributed by atoms with Gasteiger partial charge in [-0.25, -0.2) is 18.6 Å². The summed E-state index contributed by atoms with van der Waals surface area (Å²) in [6.45, 7) is 1.08. The molecular weight excluding hydrogens is 338 g/mol. The second-order valence-corrected chi connectivity index (χ2v) is 6.48. The molecule has 26 heavy (non-hydrogen) atoms. The van der Waals surface area contributed by atoms with Crippen LogP contribution in [0.15, 0.2) is 42.5 Å². The lowest BCUT2D eigenvalue weighted by atomic mass is 9.97. The normalized spacial score (nSPS) is 17.5. The third-order valence-corrected chi connectivity index (χ3v) is 4.68. The van der Waals surface area contributed by atoms with Crippen LogP contribution < -0.4 is 5.32 Å². The van der Waals surface area contributed by atoms with Gasteiger partial charge in [0.2, 0.25) is 0 Å². The number of aromatic amines is 1. The van der Waals surface area contributed by atoms with Crippen molar-refractivity contribution < 1.29 is 13.6 Å². The molecule has 2 amide bonds. The van der Waals surface area contributed by atoms with Gasteiger partial charge < -0.3 is 15.2 Å². The number of anilines is 1. The van der Waals surface area contributed by atoms with Gasteiger partial charge in [-0.3, -0.25) is 0 Å². The average molecular weight is 356 g/mol. The number of aromatic nitrogens is 2. The molecule has 1 aliphatic rings. The maximum Gasteiger partial charge on any atom is 0.321 e.